The number of aliphatic hydroxyl groups is 1. The zero-order chi connectivity index (χ0) is 14.4. The monoisotopic (exact) mass is 259 g/mol. The summed E-state index contributed by atoms with van der Waals surface area (Å²) in [5.74, 6) is 2.24. The third-order valence-corrected chi connectivity index (χ3v) is 2.47. The van der Waals surface area contributed by atoms with Crippen molar-refractivity contribution in [3.05, 3.63) is 47.5 Å². The molecule has 0 saturated carbocycles. The summed E-state index contributed by atoms with van der Waals surface area (Å²) in [5.41, 5.74) is 0.638. The molecule has 0 aliphatic heterocycles. The molecule has 0 saturated heterocycles. The Kier molecular flexibility index (Phi) is 5.42. The molecule has 0 bridgehead atoms. The minimum atomic E-state index is 0.202. The normalized spacial score (nSPS) is 17.8. The zero-order valence-electron chi connectivity index (χ0n) is 12.2. The Morgan fingerprint density at radius 2 is 1.63 bits per heavy atom. The van der Waals surface area contributed by atoms with Crippen molar-refractivity contribution in [2.24, 2.45) is 5.92 Å². The second-order valence-corrected chi connectivity index (χ2v) is 4.13. The first kappa shape index (κ1) is 15.1. The van der Waals surface area contributed by atoms with Gasteiger partial charge in [0.2, 0.25) is 0 Å². The minimum absolute atomic E-state index is 0.202. The third kappa shape index (κ3) is 4.02. The number of nitrogens with zero attached hydrogens (tertiary/aromatic N) is 3. The minimum Gasteiger partial charge on any atom is -0.508 e. The number of aromatic nitrogens is 3. The van der Waals surface area contributed by atoms with E-state index in [1.165, 1.54) is 0 Å². The Morgan fingerprint density at radius 3 is 2.21 bits per heavy atom. The molecule has 1 heterocycles. The smallest absolute Gasteiger partial charge is 0.167 e. The Morgan fingerprint density at radius 1 is 1.05 bits per heavy atom. The van der Waals surface area contributed by atoms with Crippen LogP contribution in [0.5, 0.6) is 0 Å². The highest BCUT2D eigenvalue weighted by Gasteiger charge is 2.13. The average molecular weight is 259 g/mol. The number of hydrogen-bond donors (Lipinski definition) is 1. The van der Waals surface area contributed by atoms with Crippen molar-refractivity contribution in [3.63, 3.8) is 0 Å². The summed E-state index contributed by atoms with van der Waals surface area (Å²) in [5, 5.41) is 10.0. The van der Waals surface area contributed by atoms with Crippen molar-refractivity contribution < 1.29 is 5.11 Å². The molecule has 4 nitrogen and oxygen atoms in total. The third-order valence-electron chi connectivity index (χ3n) is 2.47. The van der Waals surface area contributed by atoms with Gasteiger partial charge >= 0.3 is 0 Å². The van der Waals surface area contributed by atoms with Gasteiger partial charge in [-0.2, -0.15) is 0 Å². The molecule has 1 aliphatic carbocycles. The van der Waals surface area contributed by atoms with Crippen LogP contribution in [0.25, 0.3) is 5.57 Å². The molecule has 1 aromatic heterocycles. The van der Waals surface area contributed by atoms with Gasteiger partial charge in [0, 0.05) is 0 Å². The van der Waals surface area contributed by atoms with Crippen LogP contribution >= 0.6 is 0 Å². The number of aliphatic hydroxyl groups excluding tert-OH is 1. The first-order valence-electron chi connectivity index (χ1n) is 6.55. The van der Waals surface area contributed by atoms with E-state index in [1.807, 2.05) is 52.8 Å². The summed E-state index contributed by atoms with van der Waals surface area (Å²) >= 11 is 0. The molecular formula is C15H21N3O. The van der Waals surface area contributed by atoms with E-state index >= 15 is 0 Å². The van der Waals surface area contributed by atoms with E-state index < -0.39 is 0 Å². The summed E-state index contributed by atoms with van der Waals surface area (Å²) in [4.78, 5) is 12.6. The fourth-order valence-electron chi connectivity index (χ4n) is 1.73. The van der Waals surface area contributed by atoms with Crippen molar-refractivity contribution in [1.29, 1.82) is 0 Å². The lowest BCUT2D eigenvalue weighted by Gasteiger charge is -2.06. The molecule has 2 rings (SSSR count). The van der Waals surface area contributed by atoms with E-state index in [0.717, 1.165) is 0 Å². The largest absolute Gasteiger partial charge is 0.508 e. The molecular weight excluding hydrogens is 238 g/mol. The van der Waals surface area contributed by atoms with Crippen molar-refractivity contribution in [2.45, 2.75) is 34.6 Å². The van der Waals surface area contributed by atoms with Crippen molar-refractivity contribution in [1.82, 2.24) is 15.0 Å². The maximum absolute atomic E-state index is 10.0. The zero-order valence-corrected chi connectivity index (χ0v) is 12.2. The molecule has 0 amide bonds. The first-order chi connectivity index (χ1) is 9.06. The summed E-state index contributed by atoms with van der Waals surface area (Å²) in [7, 11) is 0. The molecule has 0 spiro atoms. The predicted octanol–water partition coefficient (Wildman–Crippen LogP) is 3.55. The maximum Gasteiger partial charge on any atom is 0.167 e. The molecule has 1 aromatic rings. The fraction of sp³-hybridized carbons (Fsp3) is 0.400. The average Bonchev–Trinajstić information content (AvgIpc) is 2.51. The number of hydrogen-bond acceptors (Lipinski definition) is 4. The molecule has 4 heteroatoms. The second kappa shape index (κ2) is 6.83. The molecule has 1 N–H and O–H groups in total. The molecule has 102 valence electrons. The predicted molar refractivity (Wildman–Crippen MR) is 77.6 cm³/mol. The summed E-state index contributed by atoms with van der Waals surface area (Å²) in [6, 6.07) is 0. The van der Waals surface area contributed by atoms with Crippen LogP contribution in [0.2, 0.25) is 0 Å². The van der Waals surface area contributed by atoms with Crippen LogP contribution in [0.4, 0.5) is 0 Å². The number of rotatable bonds is 1. The molecule has 1 unspecified atom stereocenters. The van der Waals surface area contributed by atoms with E-state index in [1.54, 1.807) is 6.08 Å². The van der Waals surface area contributed by atoms with E-state index in [-0.39, 0.29) is 11.7 Å². The standard InChI is InChI=1S/C13H15N3O.C2H6/c1-8-5-4-6-11(12(17)7-8)13-15-9(2)14-10(3)16-13;1-2/h4-8,17H,1-3H3;1-2H3. The van der Waals surface area contributed by atoms with Crippen molar-refractivity contribution >= 4 is 5.57 Å². The van der Waals surface area contributed by atoms with Gasteiger partial charge in [-0.3, -0.25) is 0 Å². The van der Waals surface area contributed by atoms with Gasteiger partial charge in [0.25, 0.3) is 0 Å². The van der Waals surface area contributed by atoms with Gasteiger partial charge in [0.05, 0.1) is 5.57 Å². The van der Waals surface area contributed by atoms with Crippen LogP contribution in [-0.4, -0.2) is 20.1 Å². The van der Waals surface area contributed by atoms with Crippen LogP contribution in [0.15, 0.2) is 30.1 Å². The van der Waals surface area contributed by atoms with Crippen molar-refractivity contribution in [3.8, 4) is 0 Å². The fourth-order valence-corrected chi connectivity index (χ4v) is 1.73. The van der Waals surface area contributed by atoms with E-state index in [2.05, 4.69) is 15.0 Å². The lowest BCUT2D eigenvalue weighted by molar-refractivity contribution is 0.432. The van der Waals surface area contributed by atoms with E-state index in [9.17, 15) is 5.11 Å². The van der Waals surface area contributed by atoms with Crippen LogP contribution in [0, 0.1) is 19.8 Å². The summed E-state index contributed by atoms with van der Waals surface area (Å²) in [6.07, 6.45) is 7.52. The van der Waals surface area contributed by atoms with Crippen LogP contribution in [-0.2, 0) is 0 Å². The van der Waals surface area contributed by atoms with Crippen LogP contribution < -0.4 is 0 Å². The van der Waals surface area contributed by atoms with Gasteiger partial charge in [-0.15, -0.1) is 0 Å². The topological polar surface area (TPSA) is 58.9 Å². The van der Waals surface area contributed by atoms with Gasteiger partial charge in [-0.25, -0.2) is 15.0 Å². The number of allylic oxidation sites excluding steroid dienone is 5. The highest BCUT2D eigenvalue weighted by molar-refractivity contribution is 5.74. The SMILES string of the molecule is CC.Cc1nc(C)nc(C2=CC=CC(C)C=C2O)n1. The lowest BCUT2D eigenvalue weighted by Crippen LogP contribution is -2.03. The Bertz CT molecular complexity index is 510. The quantitative estimate of drug-likeness (QED) is 0.838. The Hall–Kier alpha value is -1.97. The molecule has 0 aromatic carbocycles. The van der Waals surface area contributed by atoms with E-state index in [0.29, 0.717) is 23.0 Å². The first-order valence-corrected chi connectivity index (χ1v) is 6.55. The van der Waals surface area contributed by atoms with Crippen LogP contribution in [0.1, 0.15) is 38.2 Å². The van der Waals surface area contributed by atoms with Crippen LogP contribution in [0.3, 0.4) is 0 Å². The molecule has 0 fully saturated rings. The van der Waals surface area contributed by atoms with Gasteiger partial charge in [0.1, 0.15) is 17.4 Å². The van der Waals surface area contributed by atoms with Gasteiger partial charge in [-0.05, 0) is 31.9 Å². The Balaban J connectivity index is 0.000000861. The van der Waals surface area contributed by atoms with Gasteiger partial charge in [0.15, 0.2) is 5.82 Å². The molecule has 0 radical (unpaired) electrons. The maximum atomic E-state index is 10.0. The van der Waals surface area contributed by atoms with E-state index in [4.69, 9.17) is 0 Å². The summed E-state index contributed by atoms with van der Waals surface area (Å²) in [6.45, 7) is 9.64. The highest BCUT2D eigenvalue weighted by Crippen LogP contribution is 2.22. The second-order valence-electron chi connectivity index (χ2n) is 4.13. The lowest BCUT2D eigenvalue weighted by atomic mass is 10.1. The molecule has 1 aliphatic rings. The summed E-state index contributed by atoms with van der Waals surface area (Å²) < 4.78 is 0. The van der Waals surface area contributed by atoms with Gasteiger partial charge < -0.3 is 5.11 Å². The Labute approximate surface area is 114 Å². The highest BCUT2D eigenvalue weighted by atomic mass is 16.3. The molecule has 1 atom stereocenters. The van der Waals surface area contributed by atoms with Gasteiger partial charge in [-0.1, -0.05) is 32.9 Å². The number of aryl methyl sites for hydroxylation is 2. The van der Waals surface area contributed by atoms with Crippen molar-refractivity contribution in [2.75, 3.05) is 0 Å². The molecule has 19 heavy (non-hydrogen) atoms.